The molecule has 0 bridgehead atoms. The number of hydrogen-bond donors (Lipinski definition) is 0. The summed E-state index contributed by atoms with van der Waals surface area (Å²) in [6.07, 6.45) is 10.3. The van der Waals surface area contributed by atoms with Crippen molar-refractivity contribution in [2.24, 2.45) is 0 Å². The van der Waals surface area contributed by atoms with Gasteiger partial charge in [0.25, 0.3) is 0 Å². The lowest BCUT2D eigenvalue weighted by atomic mass is 9.79. The molecule has 7 nitrogen and oxygen atoms in total. The molecule has 2 aromatic heterocycles. The molecule has 162 valence electrons. The van der Waals surface area contributed by atoms with E-state index in [1.807, 2.05) is 23.3 Å². The van der Waals surface area contributed by atoms with Gasteiger partial charge < -0.3 is 23.7 Å². The third kappa shape index (κ3) is 3.74. The number of anilines is 1. The normalized spacial score (nSPS) is 17.4. The third-order valence-corrected chi connectivity index (χ3v) is 6.48. The Morgan fingerprint density at radius 1 is 1.10 bits per heavy atom. The van der Waals surface area contributed by atoms with Crippen LogP contribution in [0.2, 0.25) is 0 Å². The highest BCUT2D eigenvalue weighted by molar-refractivity contribution is 5.51. The molecule has 0 atom stereocenters. The maximum absolute atomic E-state index is 6.42. The van der Waals surface area contributed by atoms with Crippen molar-refractivity contribution in [2.45, 2.75) is 31.4 Å². The van der Waals surface area contributed by atoms with Crippen LogP contribution in [0, 0.1) is 0 Å². The predicted molar refractivity (Wildman–Crippen MR) is 118 cm³/mol. The molecule has 0 saturated carbocycles. The molecule has 5 rings (SSSR count). The number of nitrogens with zero attached hydrogens (tertiary/aromatic N) is 4. The molecule has 31 heavy (non-hydrogen) atoms. The summed E-state index contributed by atoms with van der Waals surface area (Å²) >= 11 is 0. The van der Waals surface area contributed by atoms with Gasteiger partial charge in [-0.15, -0.1) is 0 Å². The number of aromatic nitrogens is 3. The highest BCUT2D eigenvalue weighted by atomic mass is 16.5. The highest BCUT2D eigenvalue weighted by Gasteiger charge is 2.41. The fourth-order valence-electron chi connectivity index (χ4n) is 4.79. The second-order valence-corrected chi connectivity index (χ2v) is 8.20. The first-order chi connectivity index (χ1) is 15.2. The van der Waals surface area contributed by atoms with Crippen LogP contribution < -0.4 is 14.4 Å². The van der Waals surface area contributed by atoms with Gasteiger partial charge in [0.15, 0.2) is 11.5 Å². The number of imidazole rings is 1. The number of benzene rings is 1. The lowest BCUT2D eigenvalue weighted by Crippen LogP contribution is -2.47. The van der Waals surface area contributed by atoms with Gasteiger partial charge in [-0.3, -0.25) is 0 Å². The standard InChI is InChI=1S/C24H28N4O3/c1-29-21-13-19-5-12-31-24(20(19)14-22(21)30-2)6-9-28(10-7-24)23-4-3-18(15-26-23)16-27-11-8-25-17-27/h3-4,8,11,13-15,17H,5-7,9-10,12,16H2,1-2H3. The van der Waals surface area contributed by atoms with E-state index in [2.05, 4.69) is 34.1 Å². The van der Waals surface area contributed by atoms with Crippen molar-refractivity contribution in [3.05, 3.63) is 65.9 Å². The zero-order valence-electron chi connectivity index (χ0n) is 18.1. The van der Waals surface area contributed by atoms with Gasteiger partial charge in [-0.25, -0.2) is 9.97 Å². The quantitative estimate of drug-likeness (QED) is 0.630. The average molecular weight is 421 g/mol. The fourth-order valence-corrected chi connectivity index (χ4v) is 4.79. The first kappa shape index (κ1) is 19.9. The Kier molecular flexibility index (Phi) is 5.28. The van der Waals surface area contributed by atoms with E-state index in [0.29, 0.717) is 0 Å². The van der Waals surface area contributed by atoms with E-state index in [0.717, 1.165) is 62.8 Å². The lowest BCUT2D eigenvalue weighted by Gasteiger charge is -2.45. The minimum atomic E-state index is -0.259. The number of piperidine rings is 1. The molecule has 0 unspecified atom stereocenters. The van der Waals surface area contributed by atoms with Gasteiger partial charge in [-0.1, -0.05) is 6.07 Å². The van der Waals surface area contributed by atoms with Crippen LogP contribution in [-0.2, 0) is 23.3 Å². The largest absolute Gasteiger partial charge is 0.493 e. The average Bonchev–Trinajstić information content (AvgIpc) is 3.33. The number of methoxy groups -OCH3 is 2. The zero-order chi connectivity index (χ0) is 21.3. The first-order valence-corrected chi connectivity index (χ1v) is 10.8. The van der Waals surface area contributed by atoms with Crippen LogP contribution in [0.25, 0.3) is 0 Å². The molecule has 2 aliphatic heterocycles. The Balaban J connectivity index is 1.31. The van der Waals surface area contributed by atoms with Crippen molar-refractivity contribution in [3.63, 3.8) is 0 Å². The molecule has 1 saturated heterocycles. The number of pyridine rings is 1. The van der Waals surface area contributed by atoms with Crippen LogP contribution in [0.15, 0.2) is 49.2 Å². The van der Waals surface area contributed by atoms with E-state index in [4.69, 9.17) is 19.2 Å². The van der Waals surface area contributed by atoms with Crippen molar-refractivity contribution >= 4 is 5.82 Å². The molecule has 1 fully saturated rings. The predicted octanol–water partition coefficient (Wildman–Crippen LogP) is 3.41. The Labute approximate surface area is 182 Å². The summed E-state index contributed by atoms with van der Waals surface area (Å²) in [5.74, 6) is 2.58. The smallest absolute Gasteiger partial charge is 0.161 e. The number of rotatable bonds is 5. The second-order valence-electron chi connectivity index (χ2n) is 8.20. The van der Waals surface area contributed by atoms with Gasteiger partial charge in [0.2, 0.25) is 0 Å². The van der Waals surface area contributed by atoms with E-state index >= 15 is 0 Å². The molecule has 1 spiro atoms. The minimum absolute atomic E-state index is 0.259. The number of ether oxygens (including phenoxy) is 3. The molecule has 4 heterocycles. The zero-order valence-corrected chi connectivity index (χ0v) is 18.1. The van der Waals surface area contributed by atoms with Crippen LogP contribution >= 0.6 is 0 Å². The van der Waals surface area contributed by atoms with Gasteiger partial charge in [0.05, 0.1) is 32.8 Å². The summed E-state index contributed by atoms with van der Waals surface area (Å²) in [5.41, 5.74) is 3.46. The number of fused-ring (bicyclic) bond motifs is 2. The van der Waals surface area contributed by atoms with Crippen LogP contribution in [-0.4, -0.2) is 48.5 Å². The van der Waals surface area contributed by atoms with Gasteiger partial charge in [0.1, 0.15) is 5.82 Å². The second kappa shape index (κ2) is 8.23. The Morgan fingerprint density at radius 3 is 2.58 bits per heavy atom. The molecule has 0 N–H and O–H groups in total. The molecule has 0 aliphatic carbocycles. The SMILES string of the molecule is COc1cc2c(cc1OC)C1(CCN(c3ccc(Cn4ccnc4)cn3)CC1)OCC2. The Bertz CT molecular complexity index is 1030. The van der Waals surface area contributed by atoms with Crippen LogP contribution in [0.3, 0.4) is 0 Å². The molecule has 2 aliphatic rings. The van der Waals surface area contributed by atoms with Gasteiger partial charge >= 0.3 is 0 Å². The summed E-state index contributed by atoms with van der Waals surface area (Å²) in [6.45, 7) is 3.33. The maximum Gasteiger partial charge on any atom is 0.161 e. The Hall–Kier alpha value is -3.06. The van der Waals surface area contributed by atoms with Crippen LogP contribution in [0.4, 0.5) is 5.82 Å². The first-order valence-electron chi connectivity index (χ1n) is 10.8. The summed E-state index contributed by atoms with van der Waals surface area (Å²) < 4.78 is 19.5. The van der Waals surface area contributed by atoms with Crippen molar-refractivity contribution in [1.82, 2.24) is 14.5 Å². The molecule has 7 heteroatoms. The van der Waals surface area contributed by atoms with Gasteiger partial charge in [0, 0.05) is 38.2 Å². The van der Waals surface area contributed by atoms with Gasteiger partial charge in [-0.2, -0.15) is 0 Å². The topological polar surface area (TPSA) is 61.6 Å². The van der Waals surface area contributed by atoms with Crippen LogP contribution in [0.1, 0.15) is 29.5 Å². The summed E-state index contributed by atoms with van der Waals surface area (Å²) in [4.78, 5) is 11.2. The maximum atomic E-state index is 6.42. The van der Waals surface area contributed by atoms with Crippen LogP contribution in [0.5, 0.6) is 11.5 Å². The molecule has 0 radical (unpaired) electrons. The minimum Gasteiger partial charge on any atom is -0.493 e. The summed E-state index contributed by atoms with van der Waals surface area (Å²) in [7, 11) is 3.37. The molecule has 0 amide bonds. The van der Waals surface area contributed by atoms with E-state index in [1.54, 1.807) is 20.4 Å². The molecule has 1 aromatic carbocycles. The summed E-state index contributed by atoms with van der Waals surface area (Å²) in [5, 5.41) is 0. The lowest BCUT2D eigenvalue weighted by molar-refractivity contribution is -0.0768. The molecule has 3 aromatic rings. The molecular weight excluding hydrogens is 392 g/mol. The van der Waals surface area contributed by atoms with Crippen molar-refractivity contribution in [1.29, 1.82) is 0 Å². The fraction of sp³-hybridized carbons (Fsp3) is 0.417. The van der Waals surface area contributed by atoms with Crippen molar-refractivity contribution in [3.8, 4) is 11.5 Å². The number of hydrogen-bond acceptors (Lipinski definition) is 6. The van der Waals surface area contributed by atoms with E-state index in [1.165, 1.54) is 16.7 Å². The molecular formula is C24H28N4O3. The monoisotopic (exact) mass is 420 g/mol. The van der Waals surface area contributed by atoms with Crippen molar-refractivity contribution < 1.29 is 14.2 Å². The van der Waals surface area contributed by atoms with Crippen molar-refractivity contribution in [2.75, 3.05) is 38.8 Å². The highest BCUT2D eigenvalue weighted by Crippen LogP contribution is 2.45. The van der Waals surface area contributed by atoms with E-state index in [-0.39, 0.29) is 5.60 Å². The van der Waals surface area contributed by atoms with E-state index < -0.39 is 0 Å². The Morgan fingerprint density at radius 2 is 1.90 bits per heavy atom. The van der Waals surface area contributed by atoms with Gasteiger partial charge in [-0.05, 0) is 54.2 Å². The summed E-state index contributed by atoms with van der Waals surface area (Å²) in [6, 6.07) is 8.50. The van der Waals surface area contributed by atoms with E-state index in [9.17, 15) is 0 Å². The third-order valence-electron chi connectivity index (χ3n) is 6.48.